The van der Waals surface area contributed by atoms with Gasteiger partial charge < -0.3 is 9.84 Å². The van der Waals surface area contributed by atoms with Crippen LogP contribution in [0.3, 0.4) is 0 Å². The smallest absolute Gasteiger partial charge is 0.331 e. The molecule has 0 radical (unpaired) electrons. The molecule has 0 fully saturated rings. The topological polar surface area (TPSA) is 59.4 Å². The molecule has 1 aromatic heterocycles. The van der Waals surface area contributed by atoms with Crippen molar-refractivity contribution < 1.29 is 14.6 Å². The highest BCUT2D eigenvalue weighted by molar-refractivity contribution is 9.10. The van der Waals surface area contributed by atoms with Gasteiger partial charge in [-0.1, -0.05) is 0 Å². The summed E-state index contributed by atoms with van der Waals surface area (Å²) in [6.45, 7) is 1.74. The van der Waals surface area contributed by atoms with Crippen LogP contribution in [-0.4, -0.2) is 22.7 Å². The molecule has 0 aromatic carbocycles. The van der Waals surface area contributed by atoms with E-state index in [-0.39, 0.29) is 12.2 Å². The SMILES string of the molecule is CC(=CCOc1cncc(Br)c1)C(=O)O. The lowest BCUT2D eigenvalue weighted by molar-refractivity contribution is -0.132. The number of rotatable bonds is 4. The minimum atomic E-state index is -0.939. The number of hydrogen-bond acceptors (Lipinski definition) is 3. The third kappa shape index (κ3) is 4.12. The molecule has 0 aliphatic rings. The second-order valence-corrected chi connectivity index (χ2v) is 3.76. The highest BCUT2D eigenvalue weighted by Gasteiger charge is 1.99. The van der Waals surface area contributed by atoms with E-state index < -0.39 is 5.97 Å². The fraction of sp³-hybridized carbons (Fsp3) is 0.200. The lowest BCUT2D eigenvalue weighted by atomic mass is 10.3. The Hall–Kier alpha value is -1.36. The minimum Gasteiger partial charge on any atom is -0.488 e. The lowest BCUT2D eigenvalue weighted by Crippen LogP contribution is -2.00. The van der Waals surface area contributed by atoms with Crippen molar-refractivity contribution in [3.8, 4) is 5.75 Å². The van der Waals surface area contributed by atoms with E-state index in [1.807, 2.05) is 0 Å². The number of nitrogens with zero attached hydrogens (tertiary/aromatic N) is 1. The summed E-state index contributed by atoms with van der Waals surface area (Å²) in [6.07, 6.45) is 4.71. The Labute approximate surface area is 95.7 Å². The van der Waals surface area contributed by atoms with E-state index in [1.54, 1.807) is 18.5 Å². The molecule has 1 N–H and O–H groups in total. The van der Waals surface area contributed by atoms with Crippen LogP contribution < -0.4 is 4.74 Å². The fourth-order valence-electron chi connectivity index (χ4n) is 0.822. The third-order valence-corrected chi connectivity index (χ3v) is 2.09. The van der Waals surface area contributed by atoms with E-state index in [2.05, 4.69) is 20.9 Å². The van der Waals surface area contributed by atoms with E-state index in [0.29, 0.717) is 5.75 Å². The van der Waals surface area contributed by atoms with Crippen LogP contribution in [0.1, 0.15) is 6.92 Å². The number of ether oxygens (including phenoxy) is 1. The van der Waals surface area contributed by atoms with E-state index in [0.717, 1.165) is 4.47 Å². The molecule has 0 amide bonds. The van der Waals surface area contributed by atoms with Crippen molar-refractivity contribution in [3.63, 3.8) is 0 Å². The van der Waals surface area contributed by atoms with E-state index >= 15 is 0 Å². The standard InChI is InChI=1S/C10H10BrNO3/c1-7(10(13)14)2-3-15-9-4-8(11)5-12-6-9/h2,4-6H,3H2,1H3,(H,13,14). The van der Waals surface area contributed by atoms with Crippen LogP contribution in [0.4, 0.5) is 0 Å². The lowest BCUT2D eigenvalue weighted by Gasteiger charge is -2.02. The monoisotopic (exact) mass is 271 g/mol. The quantitative estimate of drug-likeness (QED) is 0.854. The van der Waals surface area contributed by atoms with Gasteiger partial charge in [-0.05, 0) is 35.0 Å². The first-order chi connectivity index (χ1) is 7.09. The first-order valence-corrected chi connectivity index (χ1v) is 5.02. The highest BCUT2D eigenvalue weighted by atomic mass is 79.9. The van der Waals surface area contributed by atoms with Gasteiger partial charge in [-0.15, -0.1) is 0 Å². The number of pyridine rings is 1. The Balaban J connectivity index is 2.51. The Morgan fingerprint density at radius 3 is 3.00 bits per heavy atom. The molecule has 1 heterocycles. The first-order valence-electron chi connectivity index (χ1n) is 4.23. The van der Waals surface area contributed by atoms with Crippen LogP contribution in [0, 0.1) is 0 Å². The second-order valence-electron chi connectivity index (χ2n) is 2.84. The Kier molecular flexibility index (Phi) is 4.30. The van der Waals surface area contributed by atoms with Gasteiger partial charge in [-0.3, -0.25) is 4.98 Å². The zero-order valence-electron chi connectivity index (χ0n) is 8.11. The van der Waals surface area contributed by atoms with Crippen molar-refractivity contribution in [2.24, 2.45) is 0 Å². The molecular weight excluding hydrogens is 262 g/mol. The van der Waals surface area contributed by atoms with Crippen LogP contribution in [0.25, 0.3) is 0 Å². The van der Waals surface area contributed by atoms with Crippen LogP contribution in [0.2, 0.25) is 0 Å². The largest absolute Gasteiger partial charge is 0.488 e. The summed E-state index contributed by atoms with van der Waals surface area (Å²) in [5, 5.41) is 8.58. The maximum atomic E-state index is 10.5. The van der Waals surface area contributed by atoms with Gasteiger partial charge in [-0.2, -0.15) is 0 Å². The highest BCUT2D eigenvalue weighted by Crippen LogP contribution is 2.15. The third-order valence-electron chi connectivity index (χ3n) is 1.66. The van der Waals surface area contributed by atoms with Gasteiger partial charge in [0, 0.05) is 16.2 Å². The molecule has 0 saturated carbocycles. The van der Waals surface area contributed by atoms with Crippen molar-refractivity contribution in [1.29, 1.82) is 0 Å². The minimum absolute atomic E-state index is 0.219. The maximum Gasteiger partial charge on any atom is 0.331 e. The van der Waals surface area contributed by atoms with Crippen molar-refractivity contribution in [1.82, 2.24) is 4.98 Å². The molecule has 15 heavy (non-hydrogen) atoms. The molecule has 5 heteroatoms. The molecule has 80 valence electrons. The number of carboxylic acids is 1. The summed E-state index contributed by atoms with van der Waals surface area (Å²) < 4.78 is 6.09. The Morgan fingerprint density at radius 1 is 1.67 bits per heavy atom. The van der Waals surface area contributed by atoms with Crippen LogP contribution in [0.15, 0.2) is 34.6 Å². The molecular formula is C10H10BrNO3. The molecule has 0 saturated heterocycles. The van der Waals surface area contributed by atoms with Crippen LogP contribution in [-0.2, 0) is 4.79 Å². The van der Waals surface area contributed by atoms with Crippen molar-refractivity contribution in [2.45, 2.75) is 6.92 Å². The molecule has 0 atom stereocenters. The average Bonchev–Trinajstić information content (AvgIpc) is 2.17. The first kappa shape index (κ1) is 11.7. The summed E-state index contributed by atoms with van der Waals surface area (Å²) in [5.74, 6) is -0.343. The summed E-state index contributed by atoms with van der Waals surface area (Å²) >= 11 is 3.25. The number of aromatic nitrogens is 1. The molecule has 0 aliphatic carbocycles. The number of hydrogen-bond donors (Lipinski definition) is 1. The predicted molar refractivity (Wildman–Crippen MR) is 58.8 cm³/mol. The van der Waals surface area contributed by atoms with Gasteiger partial charge >= 0.3 is 5.97 Å². The summed E-state index contributed by atoms with van der Waals surface area (Å²) in [6, 6.07) is 1.76. The average molecular weight is 272 g/mol. The summed E-state index contributed by atoms with van der Waals surface area (Å²) in [4.78, 5) is 14.4. The van der Waals surface area contributed by atoms with E-state index in [4.69, 9.17) is 9.84 Å². The van der Waals surface area contributed by atoms with Crippen molar-refractivity contribution in [2.75, 3.05) is 6.61 Å². The van der Waals surface area contributed by atoms with E-state index in [1.165, 1.54) is 13.0 Å². The number of carboxylic acid groups (broad SMARTS) is 1. The van der Waals surface area contributed by atoms with Crippen LogP contribution in [0.5, 0.6) is 5.75 Å². The van der Waals surface area contributed by atoms with Crippen molar-refractivity contribution in [3.05, 3.63) is 34.6 Å². The number of aliphatic carboxylic acids is 1. The molecule has 0 unspecified atom stereocenters. The molecule has 0 spiro atoms. The van der Waals surface area contributed by atoms with Gasteiger partial charge in [0.15, 0.2) is 0 Å². The Bertz CT molecular complexity index is 390. The predicted octanol–water partition coefficient (Wildman–Crippen LogP) is 2.25. The molecule has 4 nitrogen and oxygen atoms in total. The maximum absolute atomic E-state index is 10.5. The van der Waals surface area contributed by atoms with E-state index in [9.17, 15) is 4.79 Å². The zero-order valence-corrected chi connectivity index (χ0v) is 9.69. The summed E-state index contributed by atoms with van der Waals surface area (Å²) in [5.41, 5.74) is 0.262. The molecule has 0 aliphatic heterocycles. The molecule has 1 rings (SSSR count). The van der Waals surface area contributed by atoms with Crippen molar-refractivity contribution >= 4 is 21.9 Å². The fourth-order valence-corrected chi connectivity index (χ4v) is 1.17. The van der Waals surface area contributed by atoms with Gasteiger partial charge in [0.1, 0.15) is 12.4 Å². The number of halogens is 1. The van der Waals surface area contributed by atoms with Gasteiger partial charge in [0.05, 0.1) is 6.20 Å². The summed E-state index contributed by atoms with van der Waals surface area (Å²) in [7, 11) is 0. The molecule has 0 bridgehead atoms. The van der Waals surface area contributed by atoms with Gasteiger partial charge in [-0.25, -0.2) is 4.79 Å². The van der Waals surface area contributed by atoms with Crippen LogP contribution >= 0.6 is 15.9 Å². The van der Waals surface area contributed by atoms with Gasteiger partial charge in [0.25, 0.3) is 0 Å². The molecule has 1 aromatic rings. The zero-order chi connectivity index (χ0) is 11.3. The Morgan fingerprint density at radius 2 is 2.40 bits per heavy atom. The normalized spacial score (nSPS) is 11.2. The second kappa shape index (κ2) is 5.50. The van der Waals surface area contributed by atoms with Gasteiger partial charge in [0.2, 0.25) is 0 Å². The number of carbonyl (C=O) groups is 1.